The fraction of sp³-hybridized carbons (Fsp3) is 0.190. The summed E-state index contributed by atoms with van der Waals surface area (Å²) < 4.78 is 1.45. The predicted molar refractivity (Wildman–Crippen MR) is 114 cm³/mol. The molecule has 0 aliphatic carbocycles. The number of hydrogen-bond acceptors (Lipinski definition) is 6. The molecule has 4 aromatic rings. The fourth-order valence-corrected chi connectivity index (χ4v) is 2.96. The summed E-state index contributed by atoms with van der Waals surface area (Å²) >= 11 is 0. The number of anilines is 1. The molecule has 1 atom stereocenters. The van der Waals surface area contributed by atoms with Crippen molar-refractivity contribution < 1.29 is 4.79 Å². The van der Waals surface area contributed by atoms with E-state index in [4.69, 9.17) is 5.73 Å². The van der Waals surface area contributed by atoms with Crippen molar-refractivity contribution in [1.82, 2.24) is 24.9 Å². The van der Waals surface area contributed by atoms with E-state index >= 15 is 0 Å². The molecule has 146 valence electrons. The summed E-state index contributed by atoms with van der Waals surface area (Å²) in [5.41, 5.74) is 9.67. The maximum atomic E-state index is 12.9. The quantitative estimate of drug-likeness (QED) is 0.512. The Morgan fingerprint density at radius 1 is 1.24 bits per heavy atom. The number of fused-ring (bicyclic) bond motifs is 2. The van der Waals surface area contributed by atoms with Gasteiger partial charge in [-0.15, -0.1) is 0 Å². The number of carbonyl (C=O) groups is 1. The van der Waals surface area contributed by atoms with Crippen molar-refractivity contribution in [1.29, 1.82) is 0 Å². The molecular weight excluding hydrogens is 366 g/mol. The van der Waals surface area contributed by atoms with E-state index < -0.39 is 0 Å². The van der Waals surface area contributed by atoms with Crippen LogP contribution in [0.1, 0.15) is 36.2 Å². The Labute approximate surface area is 167 Å². The zero-order valence-corrected chi connectivity index (χ0v) is 16.2. The van der Waals surface area contributed by atoms with Crippen molar-refractivity contribution >= 4 is 40.1 Å². The molecule has 8 nitrogen and oxygen atoms in total. The smallest absolute Gasteiger partial charge is 0.257 e. The third-order valence-electron chi connectivity index (χ3n) is 4.70. The second kappa shape index (κ2) is 7.67. The van der Waals surface area contributed by atoms with Gasteiger partial charge in [0.15, 0.2) is 5.65 Å². The molecule has 1 amide bonds. The van der Waals surface area contributed by atoms with Crippen LogP contribution in [-0.2, 0) is 0 Å². The van der Waals surface area contributed by atoms with Gasteiger partial charge in [0.2, 0.25) is 0 Å². The van der Waals surface area contributed by atoms with Crippen LogP contribution in [0.2, 0.25) is 0 Å². The first kappa shape index (κ1) is 18.5. The van der Waals surface area contributed by atoms with Gasteiger partial charge in [-0.3, -0.25) is 9.78 Å². The molecule has 0 saturated carbocycles. The van der Waals surface area contributed by atoms with Crippen molar-refractivity contribution in [2.75, 3.05) is 5.73 Å². The average molecular weight is 387 g/mol. The number of benzene rings is 1. The highest BCUT2D eigenvalue weighted by atomic mass is 16.1. The molecule has 3 heterocycles. The number of nitrogen functional groups attached to an aromatic ring is 1. The lowest BCUT2D eigenvalue weighted by Crippen LogP contribution is -2.32. The molecule has 4 rings (SSSR count). The summed E-state index contributed by atoms with van der Waals surface area (Å²) in [5, 5.41) is 7.41. The van der Waals surface area contributed by atoms with E-state index in [0.29, 0.717) is 22.2 Å². The number of amides is 1. The van der Waals surface area contributed by atoms with Crippen LogP contribution >= 0.6 is 0 Å². The summed E-state index contributed by atoms with van der Waals surface area (Å²) in [5.74, 6) is -0.0991. The zero-order chi connectivity index (χ0) is 20.4. The third kappa shape index (κ3) is 3.52. The minimum absolute atomic E-state index is 0.00705. The molecule has 1 aromatic carbocycles. The molecule has 3 N–H and O–H groups in total. The van der Waals surface area contributed by atoms with Gasteiger partial charge in [-0.1, -0.05) is 25.1 Å². The molecule has 0 aliphatic rings. The zero-order valence-electron chi connectivity index (χ0n) is 16.2. The van der Waals surface area contributed by atoms with Crippen LogP contribution in [0, 0.1) is 0 Å². The lowest BCUT2D eigenvalue weighted by Gasteiger charge is -2.11. The van der Waals surface area contributed by atoms with Gasteiger partial charge in [0.25, 0.3) is 5.91 Å². The van der Waals surface area contributed by atoms with E-state index in [1.54, 1.807) is 18.6 Å². The third-order valence-corrected chi connectivity index (χ3v) is 4.70. The lowest BCUT2D eigenvalue weighted by atomic mass is 10.2. The second-order valence-electron chi connectivity index (χ2n) is 6.77. The van der Waals surface area contributed by atoms with Crippen molar-refractivity contribution in [2.24, 2.45) is 5.10 Å². The molecule has 0 bridgehead atoms. The Bertz CT molecular complexity index is 1210. The van der Waals surface area contributed by atoms with Crippen LogP contribution in [0.4, 0.5) is 5.82 Å². The van der Waals surface area contributed by atoms with E-state index in [0.717, 1.165) is 12.0 Å². The Balaban J connectivity index is 1.92. The first-order valence-electron chi connectivity index (χ1n) is 9.40. The van der Waals surface area contributed by atoms with Gasteiger partial charge in [-0.25, -0.2) is 9.97 Å². The topological polar surface area (TPSA) is 111 Å². The van der Waals surface area contributed by atoms with Crippen LogP contribution in [0.5, 0.6) is 0 Å². The van der Waals surface area contributed by atoms with Gasteiger partial charge in [0.05, 0.1) is 17.2 Å². The number of aromatic nitrogens is 4. The van der Waals surface area contributed by atoms with Gasteiger partial charge in [0.1, 0.15) is 16.9 Å². The molecule has 0 radical (unpaired) electrons. The summed E-state index contributed by atoms with van der Waals surface area (Å²) in [6, 6.07) is 11.2. The summed E-state index contributed by atoms with van der Waals surface area (Å²) in [7, 11) is 0. The molecule has 0 spiro atoms. The minimum Gasteiger partial charge on any atom is -0.383 e. The second-order valence-corrected chi connectivity index (χ2v) is 6.77. The fourth-order valence-electron chi connectivity index (χ4n) is 2.96. The molecule has 29 heavy (non-hydrogen) atoms. The molecule has 3 aromatic heterocycles. The monoisotopic (exact) mass is 387 g/mol. The van der Waals surface area contributed by atoms with Gasteiger partial charge < -0.3 is 11.1 Å². The van der Waals surface area contributed by atoms with E-state index in [9.17, 15) is 4.79 Å². The SMILES string of the molecule is CC[C@H](C)NC(=O)c1c(N)n(N=Cc2cccnc2)c2nc3ccccc3nc12. The Kier molecular flexibility index (Phi) is 4.90. The first-order chi connectivity index (χ1) is 14.1. The van der Waals surface area contributed by atoms with E-state index in [2.05, 4.69) is 25.4 Å². The van der Waals surface area contributed by atoms with Gasteiger partial charge >= 0.3 is 0 Å². The van der Waals surface area contributed by atoms with Crippen LogP contribution in [0.25, 0.3) is 22.2 Å². The first-order valence-corrected chi connectivity index (χ1v) is 9.40. The standard InChI is InChI=1S/C21H21N7O/c1-3-13(2)25-21(29)17-18-20(27-16-9-5-4-8-15(16)26-18)28(19(17)22)24-12-14-7-6-10-23-11-14/h4-13H,3,22H2,1-2H3,(H,25,29)/t13-/m0/s1. The largest absolute Gasteiger partial charge is 0.383 e. The average Bonchev–Trinajstić information content (AvgIpc) is 3.01. The lowest BCUT2D eigenvalue weighted by molar-refractivity contribution is 0.0941. The molecular formula is C21H21N7O. The Morgan fingerprint density at radius 3 is 2.69 bits per heavy atom. The maximum Gasteiger partial charge on any atom is 0.257 e. The van der Waals surface area contributed by atoms with Gasteiger partial charge in [-0.05, 0) is 31.5 Å². The summed E-state index contributed by atoms with van der Waals surface area (Å²) in [6.07, 6.45) is 5.79. The van der Waals surface area contributed by atoms with Crippen molar-refractivity contribution in [3.05, 3.63) is 59.9 Å². The molecule has 0 aliphatic heterocycles. The Hall–Kier alpha value is -3.81. The van der Waals surface area contributed by atoms with E-state index in [-0.39, 0.29) is 23.3 Å². The van der Waals surface area contributed by atoms with Crippen LogP contribution in [-0.4, -0.2) is 37.8 Å². The highest BCUT2D eigenvalue weighted by Gasteiger charge is 2.24. The number of carbonyl (C=O) groups excluding carboxylic acids is 1. The molecule has 0 unspecified atom stereocenters. The number of pyridine rings is 1. The number of rotatable bonds is 5. The van der Waals surface area contributed by atoms with Crippen molar-refractivity contribution in [2.45, 2.75) is 26.3 Å². The van der Waals surface area contributed by atoms with Crippen LogP contribution < -0.4 is 11.1 Å². The number of nitrogens with one attached hydrogen (secondary N) is 1. The van der Waals surface area contributed by atoms with E-state index in [1.165, 1.54) is 4.68 Å². The number of nitrogens with two attached hydrogens (primary N) is 1. The maximum absolute atomic E-state index is 12.9. The Morgan fingerprint density at radius 2 is 2.00 bits per heavy atom. The van der Waals surface area contributed by atoms with Gasteiger partial charge in [-0.2, -0.15) is 9.78 Å². The van der Waals surface area contributed by atoms with Gasteiger partial charge in [0, 0.05) is 24.0 Å². The molecule has 8 heteroatoms. The minimum atomic E-state index is -0.290. The molecule has 0 saturated heterocycles. The van der Waals surface area contributed by atoms with Crippen LogP contribution in [0.15, 0.2) is 53.9 Å². The number of hydrogen-bond donors (Lipinski definition) is 2. The summed E-state index contributed by atoms with van der Waals surface area (Å²) in [6.45, 7) is 3.94. The van der Waals surface area contributed by atoms with E-state index in [1.807, 2.05) is 50.2 Å². The van der Waals surface area contributed by atoms with Crippen molar-refractivity contribution in [3.63, 3.8) is 0 Å². The summed E-state index contributed by atoms with van der Waals surface area (Å²) in [4.78, 5) is 26.3. The van der Waals surface area contributed by atoms with Crippen LogP contribution in [0.3, 0.4) is 0 Å². The number of nitrogens with zero attached hydrogens (tertiary/aromatic N) is 5. The van der Waals surface area contributed by atoms with Crippen molar-refractivity contribution in [3.8, 4) is 0 Å². The number of para-hydroxylation sites is 2. The highest BCUT2D eigenvalue weighted by molar-refractivity contribution is 6.10. The predicted octanol–water partition coefficient (Wildman–Crippen LogP) is 2.97. The molecule has 0 fully saturated rings. The normalized spacial score (nSPS) is 12.6. The highest BCUT2D eigenvalue weighted by Crippen LogP contribution is 2.28.